The third-order valence-electron chi connectivity index (χ3n) is 2.17. The Morgan fingerprint density at radius 1 is 1.31 bits per heavy atom. The molecule has 16 heavy (non-hydrogen) atoms. The van der Waals surface area contributed by atoms with Crippen molar-refractivity contribution in [3.63, 3.8) is 0 Å². The number of hydrogen-bond acceptors (Lipinski definition) is 3. The Bertz CT molecular complexity index is 533. The number of rotatable bonds is 1. The van der Waals surface area contributed by atoms with Crippen LogP contribution >= 0.6 is 11.3 Å². The van der Waals surface area contributed by atoms with Crippen molar-refractivity contribution in [1.82, 2.24) is 4.98 Å². The molecule has 1 aromatic carbocycles. The van der Waals surface area contributed by atoms with Gasteiger partial charge in [-0.1, -0.05) is 6.07 Å². The molecule has 1 heterocycles. The number of aryl methyl sites for hydroxylation is 1. The van der Waals surface area contributed by atoms with Crippen molar-refractivity contribution in [3.8, 4) is 5.75 Å². The van der Waals surface area contributed by atoms with Crippen LogP contribution in [-0.4, -0.2) is 12.1 Å². The number of nitrogens with zero attached hydrogens (tertiary/aromatic N) is 1. The zero-order chi connectivity index (χ0) is 11.9. The summed E-state index contributed by atoms with van der Waals surface area (Å²) in [6.07, 6.45) is -4.40. The second kappa shape index (κ2) is 3.62. The Morgan fingerprint density at radius 3 is 2.56 bits per heavy atom. The molecule has 0 N–H and O–H groups in total. The summed E-state index contributed by atoms with van der Waals surface area (Å²) in [4.78, 5) is 3.58. The maximum absolute atomic E-state index is 12.5. The first-order valence-electron chi connectivity index (χ1n) is 4.45. The van der Waals surface area contributed by atoms with E-state index in [4.69, 9.17) is 4.74 Å². The Hall–Kier alpha value is -1.30. The summed E-state index contributed by atoms with van der Waals surface area (Å²) >= 11 is 0.644. The van der Waals surface area contributed by atoms with Gasteiger partial charge in [-0.2, -0.15) is 13.2 Å². The molecule has 2 rings (SSSR count). The fourth-order valence-corrected chi connectivity index (χ4v) is 2.31. The van der Waals surface area contributed by atoms with Gasteiger partial charge in [-0.15, -0.1) is 11.3 Å². The molecule has 1 aromatic heterocycles. The quantitative estimate of drug-likeness (QED) is 0.767. The SMILES string of the molecule is COc1ccc(C)c2sc(C(F)(F)F)nc12. The number of methoxy groups -OCH3 is 1. The van der Waals surface area contributed by atoms with Crippen LogP contribution in [0.5, 0.6) is 5.75 Å². The van der Waals surface area contributed by atoms with Crippen LogP contribution in [0.3, 0.4) is 0 Å². The van der Waals surface area contributed by atoms with E-state index in [0.717, 1.165) is 5.56 Å². The van der Waals surface area contributed by atoms with Crippen LogP contribution in [0.4, 0.5) is 13.2 Å². The van der Waals surface area contributed by atoms with Crippen molar-refractivity contribution in [3.05, 3.63) is 22.7 Å². The van der Waals surface area contributed by atoms with E-state index >= 15 is 0 Å². The topological polar surface area (TPSA) is 22.1 Å². The summed E-state index contributed by atoms with van der Waals surface area (Å²) in [6.45, 7) is 1.75. The lowest BCUT2D eigenvalue weighted by molar-refractivity contribution is -0.137. The first kappa shape index (κ1) is 11.2. The van der Waals surface area contributed by atoms with Crippen molar-refractivity contribution in [2.24, 2.45) is 0 Å². The van der Waals surface area contributed by atoms with E-state index in [1.54, 1.807) is 19.1 Å². The monoisotopic (exact) mass is 247 g/mol. The number of hydrogen-bond donors (Lipinski definition) is 0. The third-order valence-corrected chi connectivity index (χ3v) is 3.40. The minimum absolute atomic E-state index is 0.278. The minimum atomic E-state index is -4.40. The van der Waals surface area contributed by atoms with Crippen molar-refractivity contribution < 1.29 is 17.9 Å². The molecule has 0 aliphatic rings. The smallest absolute Gasteiger partial charge is 0.443 e. The number of aromatic nitrogens is 1. The molecule has 2 nitrogen and oxygen atoms in total. The standard InChI is InChI=1S/C10H8F3NOS/c1-5-3-4-6(15-2)7-8(5)16-9(14-7)10(11,12)13/h3-4H,1-2H3. The van der Waals surface area contributed by atoms with Gasteiger partial charge in [-0.25, -0.2) is 4.98 Å². The van der Waals surface area contributed by atoms with Crippen LogP contribution in [0.15, 0.2) is 12.1 Å². The van der Waals surface area contributed by atoms with Crippen LogP contribution in [0.2, 0.25) is 0 Å². The molecule has 0 unspecified atom stereocenters. The summed E-state index contributed by atoms with van der Waals surface area (Å²) < 4.78 is 43.0. The van der Waals surface area contributed by atoms with E-state index in [2.05, 4.69) is 4.98 Å². The van der Waals surface area contributed by atoms with Gasteiger partial charge < -0.3 is 4.74 Å². The summed E-state index contributed by atoms with van der Waals surface area (Å²) in [6, 6.07) is 3.34. The highest BCUT2D eigenvalue weighted by Gasteiger charge is 2.35. The molecule has 0 spiro atoms. The van der Waals surface area contributed by atoms with Gasteiger partial charge in [0.25, 0.3) is 0 Å². The zero-order valence-electron chi connectivity index (χ0n) is 8.55. The highest BCUT2D eigenvalue weighted by Crippen LogP contribution is 2.39. The molecular weight excluding hydrogens is 239 g/mol. The highest BCUT2D eigenvalue weighted by atomic mass is 32.1. The van der Waals surface area contributed by atoms with Gasteiger partial charge in [-0.3, -0.25) is 0 Å². The van der Waals surface area contributed by atoms with Gasteiger partial charge in [-0.05, 0) is 18.6 Å². The minimum Gasteiger partial charge on any atom is -0.494 e. The Kier molecular flexibility index (Phi) is 2.53. The van der Waals surface area contributed by atoms with Crippen LogP contribution in [0.25, 0.3) is 10.2 Å². The zero-order valence-corrected chi connectivity index (χ0v) is 9.37. The maximum Gasteiger partial charge on any atom is 0.443 e. The molecule has 86 valence electrons. The molecule has 0 aliphatic heterocycles. The van der Waals surface area contributed by atoms with Gasteiger partial charge in [0, 0.05) is 0 Å². The molecule has 0 bridgehead atoms. The van der Waals surface area contributed by atoms with Crippen molar-refractivity contribution in [2.45, 2.75) is 13.1 Å². The number of halogens is 3. The molecule has 0 aliphatic carbocycles. The van der Waals surface area contributed by atoms with Gasteiger partial charge in [0.1, 0.15) is 11.3 Å². The number of benzene rings is 1. The van der Waals surface area contributed by atoms with Gasteiger partial charge >= 0.3 is 6.18 Å². The molecular formula is C10H8F3NOS. The van der Waals surface area contributed by atoms with Crippen LogP contribution in [0.1, 0.15) is 10.6 Å². The van der Waals surface area contributed by atoms with E-state index in [-0.39, 0.29) is 5.52 Å². The lowest BCUT2D eigenvalue weighted by Gasteiger charge is -2.01. The first-order valence-corrected chi connectivity index (χ1v) is 5.26. The number of alkyl halides is 3. The summed E-state index contributed by atoms with van der Waals surface area (Å²) in [7, 11) is 1.41. The highest BCUT2D eigenvalue weighted by molar-refractivity contribution is 7.18. The third kappa shape index (κ3) is 1.73. The molecule has 6 heteroatoms. The summed E-state index contributed by atoms with van der Waals surface area (Å²) in [5.41, 5.74) is 1.05. The van der Waals surface area contributed by atoms with Gasteiger partial charge in [0.05, 0.1) is 11.8 Å². The molecule has 0 saturated heterocycles. The number of fused-ring (bicyclic) bond motifs is 1. The average molecular weight is 247 g/mol. The van der Waals surface area contributed by atoms with Crippen LogP contribution in [-0.2, 0) is 6.18 Å². The van der Waals surface area contributed by atoms with E-state index in [1.165, 1.54) is 7.11 Å². The van der Waals surface area contributed by atoms with Crippen molar-refractivity contribution >= 4 is 21.6 Å². The lowest BCUT2D eigenvalue weighted by atomic mass is 10.2. The lowest BCUT2D eigenvalue weighted by Crippen LogP contribution is -2.03. The second-order valence-electron chi connectivity index (χ2n) is 3.28. The Labute approximate surface area is 93.7 Å². The van der Waals surface area contributed by atoms with E-state index in [0.29, 0.717) is 21.8 Å². The number of thiazole rings is 1. The molecule has 0 atom stereocenters. The predicted octanol–water partition coefficient (Wildman–Crippen LogP) is 3.63. The number of ether oxygens (including phenoxy) is 1. The largest absolute Gasteiger partial charge is 0.494 e. The normalized spacial score (nSPS) is 12.1. The van der Waals surface area contributed by atoms with Crippen LogP contribution in [0, 0.1) is 6.92 Å². The van der Waals surface area contributed by atoms with Gasteiger partial charge in [0.2, 0.25) is 0 Å². The maximum atomic E-state index is 12.5. The Morgan fingerprint density at radius 2 is 2.00 bits per heavy atom. The molecule has 0 saturated carbocycles. The van der Waals surface area contributed by atoms with Gasteiger partial charge in [0.15, 0.2) is 5.01 Å². The van der Waals surface area contributed by atoms with E-state index < -0.39 is 11.2 Å². The van der Waals surface area contributed by atoms with Crippen LogP contribution < -0.4 is 4.74 Å². The molecule has 2 aromatic rings. The first-order chi connectivity index (χ1) is 7.43. The van der Waals surface area contributed by atoms with E-state index in [9.17, 15) is 13.2 Å². The average Bonchev–Trinajstić information content (AvgIpc) is 2.63. The Balaban J connectivity index is 2.73. The van der Waals surface area contributed by atoms with Crippen molar-refractivity contribution in [2.75, 3.05) is 7.11 Å². The van der Waals surface area contributed by atoms with E-state index in [1.807, 2.05) is 0 Å². The summed E-state index contributed by atoms with van der Waals surface area (Å²) in [5.74, 6) is 0.368. The molecule has 0 fully saturated rings. The molecule has 0 amide bonds. The molecule has 0 radical (unpaired) electrons. The fourth-order valence-electron chi connectivity index (χ4n) is 1.40. The summed E-state index contributed by atoms with van der Waals surface area (Å²) in [5, 5.41) is -0.838. The fraction of sp³-hybridized carbons (Fsp3) is 0.300. The second-order valence-corrected chi connectivity index (χ2v) is 4.28. The predicted molar refractivity (Wildman–Crippen MR) is 55.9 cm³/mol. The van der Waals surface area contributed by atoms with Crippen molar-refractivity contribution in [1.29, 1.82) is 0 Å².